The maximum absolute atomic E-state index is 11.6. The van der Waals surface area contributed by atoms with E-state index in [1.165, 1.54) is 0 Å². The first-order chi connectivity index (χ1) is 7.15. The van der Waals surface area contributed by atoms with Gasteiger partial charge in [0.25, 0.3) is 5.91 Å². The number of aryl methyl sites for hydroxylation is 2. The summed E-state index contributed by atoms with van der Waals surface area (Å²) in [5, 5.41) is 10.0. The molecule has 5 heteroatoms. The molecular formula is C10H18N4O. The molecule has 1 aromatic rings. The predicted molar refractivity (Wildman–Crippen MR) is 58.8 cm³/mol. The van der Waals surface area contributed by atoms with Crippen molar-refractivity contribution in [3.05, 3.63) is 17.5 Å². The highest BCUT2D eigenvalue weighted by Crippen LogP contribution is 2.00. The molecule has 84 valence electrons. The number of aromatic nitrogens is 2. The number of hydrogen-bond donors (Lipinski definition) is 2. The standard InChI is InChI=1S/C10H18N4O/c1-4-11-5-6-12-10(15)9-7-8(2)14(3)13-9/h7,11H,4-6H2,1-3H3,(H,12,15). The number of nitrogens with one attached hydrogen (secondary N) is 2. The van der Waals surface area contributed by atoms with E-state index in [2.05, 4.69) is 15.7 Å². The zero-order valence-corrected chi connectivity index (χ0v) is 9.50. The summed E-state index contributed by atoms with van der Waals surface area (Å²) < 4.78 is 1.69. The molecule has 0 unspecified atom stereocenters. The highest BCUT2D eigenvalue weighted by atomic mass is 16.1. The zero-order chi connectivity index (χ0) is 11.3. The van der Waals surface area contributed by atoms with Crippen molar-refractivity contribution in [1.29, 1.82) is 0 Å². The molecule has 1 heterocycles. The van der Waals surface area contributed by atoms with Crippen LogP contribution in [0.5, 0.6) is 0 Å². The molecule has 0 spiro atoms. The van der Waals surface area contributed by atoms with Crippen molar-refractivity contribution in [3.8, 4) is 0 Å². The summed E-state index contributed by atoms with van der Waals surface area (Å²) in [6.45, 7) is 6.28. The van der Waals surface area contributed by atoms with Crippen LogP contribution in [0.25, 0.3) is 0 Å². The van der Waals surface area contributed by atoms with Gasteiger partial charge in [0.1, 0.15) is 5.69 Å². The van der Waals surface area contributed by atoms with E-state index in [9.17, 15) is 4.79 Å². The van der Waals surface area contributed by atoms with Crippen LogP contribution in [0.15, 0.2) is 6.07 Å². The van der Waals surface area contributed by atoms with Crippen LogP contribution in [0, 0.1) is 6.92 Å². The summed E-state index contributed by atoms with van der Waals surface area (Å²) in [5.41, 5.74) is 1.46. The molecular weight excluding hydrogens is 192 g/mol. The fourth-order valence-corrected chi connectivity index (χ4v) is 1.20. The normalized spacial score (nSPS) is 10.3. The van der Waals surface area contributed by atoms with E-state index < -0.39 is 0 Å². The molecule has 2 N–H and O–H groups in total. The van der Waals surface area contributed by atoms with Gasteiger partial charge in [-0.15, -0.1) is 0 Å². The van der Waals surface area contributed by atoms with Gasteiger partial charge in [0, 0.05) is 25.8 Å². The maximum atomic E-state index is 11.6. The molecule has 0 atom stereocenters. The Morgan fingerprint density at radius 1 is 1.53 bits per heavy atom. The van der Waals surface area contributed by atoms with Crippen molar-refractivity contribution in [2.45, 2.75) is 13.8 Å². The first kappa shape index (κ1) is 11.7. The van der Waals surface area contributed by atoms with Crippen LogP contribution in [0.4, 0.5) is 0 Å². The summed E-state index contributed by atoms with van der Waals surface area (Å²) in [5.74, 6) is -0.114. The van der Waals surface area contributed by atoms with Crippen molar-refractivity contribution in [1.82, 2.24) is 20.4 Å². The third-order valence-corrected chi connectivity index (χ3v) is 2.18. The molecule has 15 heavy (non-hydrogen) atoms. The van der Waals surface area contributed by atoms with Crippen LogP contribution in [0.2, 0.25) is 0 Å². The van der Waals surface area contributed by atoms with Crippen molar-refractivity contribution in [3.63, 3.8) is 0 Å². The molecule has 1 amide bonds. The smallest absolute Gasteiger partial charge is 0.271 e. The average molecular weight is 210 g/mol. The third kappa shape index (κ3) is 3.36. The average Bonchev–Trinajstić information content (AvgIpc) is 2.54. The molecule has 0 aliphatic heterocycles. The Morgan fingerprint density at radius 2 is 2.27 bits per heavy atom. The van der Waals surface area contributed by atoms with Gasteiger partial charge < -0.3 is 10.6 Å². The highest BCUT2D eigenvalue weighted by Gasteiger charge is 2.09. The second-order valence-electron chi connectivity index (χ2n) is 3.40. The predicted octanol–water partition coefficient (Wildman–Crippen LogP) is 0.0678. The maximum Gasteiger partial charge on any atom is 0.271 e. The number of carbonyl (C=O) groups excluding carboxylic acids is 1. The topological polar surface area (TPSA) is 58.9 Å². The van der Waals surface area contributed by atoms with Crippen molar-refractivity contribution in [2.24, 2.45) is 7.05 Å². The van der Waals surface area contributed by atoms with Gasteiger partial charge in [0.05, 0.1) is 0 Å². The van der Waals surface area contributed by atoms with Gasteiger partial charge in [-0.25, -0.2) is 0 Å². The van der Waals surface area contributed by atoms with E-state index in [0.717, 1.165) is 18.8 Å². The monoisotopic (exact) mass is 210 g/mol. The largest absolute Gasteiger partial charge is 0.349 e. The minimum atomic E-state index is -0.114. The van der Waals surface area contributed by atoms with Crippen molar-refractivity contribution in [2.75, 3.05) is 19.6 Å². The van der Waals surface area contributed by atoms with Crippen LogP contribution in [-0.4, -0.2) is 35.3 Å². The van der Waals surface area contributed by atoms with Crippen LogP contribution >= 0.6 is 0 Å². The lowest BCUT2D eigenvalue weighted by Crippen LogP contribution is -2.31. The third-order valence-electron chi connectivity index (χ3n) is 2.18. The summed E-state index contributed by atoms with van der Waals surface area (Å²) in [4.78, 5) is 11.6. The molecule has 1 rings (SSSR count). The number of amides is 1. The van der Waals surface area contributed by atoms with Gasteiger partial charge in [0.2, 0.25) is 0 Å². The molecule has 5 nitrogen and oxygen atoms in total. The number of nitrogens with zero attached hydrogens (tertiary/aromatic N) is 2. The molecule has 0 aliphatic rings. The lowest BCUT2D eigenvalue weighted by molar-refractivity contribution is 0.0948. The van der Waals surface area contributed by atoms with Crippen LogP contribution in [-0.2, 0) is 7.05 Å². The summed E-state index contributed by atoms with van der Waals surface area (Å²) >= 11 is 0. The Balaban J connectivity index is 2.40. The fraction of sp³-hybridized carbons (Fsp3) is 0.600. The van der Waals surface area contributed by atoms with Crippen molar-refractivity contribution >= 4 is 5.91 Å². The second-order valence-corrected chi connectivity index (χ2v) is 3.40. The van der Waals surface area contributed by atoms with E-state index in [-0.39, 0.29) is 5.91 Å². The quantitative estimate of drug-likeness (QED) is 0.676. The SMILES string of the molecule is CCNCCNC(=O)c1cc(C)n(C)n1. The van der Waals surface area contributed by atoms with E-state index in [1.807, 2.05) is 20.9 Å². The summed E-state index contributed by atoms with van der Waals surface area (Å²) in [7, 11) is 1.82. The van der Waals surface area contributed by atoms with Gasteiger partial charge >= 0.3 is 0 Å². The number of carbonyl (C=O) groups is 1. The molecule has 0 radical (unpaired) electrons. The first-order valence-electron chi connectivity index (χ1n) is 5.14. The molecule has 0 saturated carbocycles. The minimum absolute atomic E-state index is 0.114. The second kappa shape index (κ2) is 5.50. The van der Waals surface area contributed by atoms with Crippen molar-refractivity contribution < 1.29 is 4.79 Å². The summed E-state index contributed by atoms with van der Waals surface area (Å²) in [6.07, 6.45) is 0. The Morgan fingerprint density at radius 3 is 2.80 bits per heavy atom. The molecule has 0 fully saturated rings. The Bertz CT molecular complexity index is 313. The van der Waals surface area contributed by atoms with Gasteiger partial charge in [-0.2, -0.15) is 5.10 Å². The number of rotatable bonds is 5. The number of likely N-dealkylation sites (N-methyl/N-ethyl adjacent to an activating group) is 1. The van der Waals surface area contributed by atoms with E-state index in [4.69, 9.17) is 0 Å². The van der Waals surface area contributed by atoms with E-state index in [0.29, 0.717) is 12.2 Å². The van der Waals surface area contributed by atoms with Gasteiger partial charge in [0.15, 0.2) is 0 Å². The van der Waals surface area contributed by atoms with Gasteiger partial charge in [-0.3, -0.25) is 9.48 Å². The van der Waals surface area contributed by atoms with E-state index >= 15 is 0 Å². The molecule has 0 aliphatic carbocycles. The first-order valence-corrected chi connectivity index (χ1v) is 5.14. The zero-order valence-electron chi connectivity index (χ0n) is 9.50. The molecule has 1 aromatic heterocycles. The van der Waals surface area contributed by atoms with Crippen LogP contribution in [0.3, 0.4) is 0 Å². The van der Waals surface area contributed by atoms with E-state index in [1.54, 1.807) is 10.7 Å². The van der Waals surface area contributed by atoms with Gasteiger partial charge in [-0.05, 0) is 19.5 Å². The van der Waals surface area contributed by atoms with Crippen LogP contribution in [0.1, 0.15) is 23.1 Å². The molecule has 0 aromatic carbocycles. The lowest BCUT2D eigenvalue weighted by atomic mass is 10.3. The lowest BCUT2D eigenvalue weighted by Gasteiger charge is -2.02. The summed E-state index contributed by atoms with van der Waals surface area (Å²) in [6, 6.07) is 1.78. The Hall–Kier alpha value is -1.36. The fourth-order valence-electron chi connectivity index (χ4n) is 1.20. The Kier molecular flexibility index (Phi) is 4.30. The molecule has 0 saturated heterocycles. The Labute approximate surface area is 89.9 Å². The van der Waals surface area contributed by atoms with Gasteiger partial charge in [-0.1, -0.05) is 6.92 Å². The highest BCUT2D eigenvalue weighted by molar-refractivity contribution is 5.92. The van der Waals surface area contributed by atoms with Crippen LogP contribution < -0.4 is 10.6 Å². The minimum Gasteiger partial charge on any atom is -0.349 e. The molecule has 0 bridgehead atoms. The number of hydrogen-bond acceptors (Lipinski definition) is 3.